The summed E-state index contributed by atoms with van der Waals surface area (Å²) in [6, 6.07) is 6.34. The first-order chi connectivity index (χ1) is 15.5. The van der Waals surface area contributed by atoms with Gasteiger partial charge in [0.25, 0.3) is 5.16 Å². The number of hydrogen-bond donors (Lipinski definition) is 2. The lowest BCUT2D eigenvalue weighted by atomic mass is 9.94. The number of nitrogens with zero attached hydrogens (tertiary/aromatic N) is 3. The third kappa shape index (κ3) is 5.61. The van der Waals surface area contributed by atoms with Gasteiger partial charge in [0.05, 0.1) is 12.8 Å². The van der Waals surface area contributed by atoms with Crippen molar-refractivity contribution in [2.45, 2.75) is 38.8 Å². The van der Waals surface area contributed by atoms with Gasteiger partial charge < -0.3 is 10.1 Å². The van der Waals surface area contributed by atoms with Gasteiger partial charge in [0, 0.05) is 29.2 Å². The van der Waals surface area contributed by atoms with Gasteiger partial charge in [0.1, 0.15) is 5.82 Å². The molecule has 2 heterocycles. The lowest BCUT2D eigenvalue weighted by Crippen LogP contribution is -2.36. The predicted molar refractivity (Wildman–Crippen MR) is 121 cm³/mol. The van der Waals surface area contributed by atoms with E-state index in [1.165, 1.54) is 25.4 Å². The van der Waals surface area contributed by atoms with Gasteiger partial charge in [-0.25, -0.2) is 28.9 Å². The number of benzene rings is 1. The number of urea groups is 1. The highest BCUT2D eigenvalue weighted by molar-refractivity contribution is 7.89. The molecule has 3 aromatic rings. The Kier molecular flexibility index (Phi) is 6.92. The molecule has 0 aliphatic heterocycles. The number of hydrogen-bond acceptors (Lipinski definition) is 7. The van der Waals surface area contributed by atoms with Crippen LogP contribution >= 0.6 is 0 Å². The van der Waals surface area contributed by atoms with Gasteiger partial charge in [0.15, 0.2) is 0 Å². The van der Waals surface area contributed by atoms with Crippen LogP contribution in [0.4, 0.5) is 14.9 Å². The molecule has 9 nitrogen and oxygen atoms in total. The van der Waals surface area contributed by atoms with E-state index >= 15 is 0 Å². The van der Waals surface area contributed by atoms with Crippen molar-refractivity contribution in [1.29, 1.82) is 0 Å². The first-order valence-electron chi connectivity index (χ1n) is 10.00. The number of amides is 2. The molecule has 174 valence electrons. The molecule has 0 aliphatic rings. The summed E-state index contributed by atoms with van der Waals surface area (Å²) in [6.45, 7) is 6.90. The van der Waals surface area contributed by atoms with E-state index in [4.69, 9.17) is 4.74 Å². The molecule has 0 saturated carbocycles. The van der Waals surface area contributed by atoms with Crippen molar-refractivity contribution in [2.24, 2.45) is 0 Å². The summed E-state index contributed by atoms with van der Waals surface area (Å²) < 4.78 is 46.9. The monoisotopic (exact) mass is 473 g/mol. The van der Waals surface area contributed by atoms with Crippen molar-refractivity contribution in [3.8, 4) is 17.0 Å². The highest BCUT2D eigenvalue weighted by Gasteiger charge is 2.24. The quantitative estimate of drug-likeness (QED) is 0.520. The standard InChI is InChI=1S/C22H24FN5O4S/c1-12(2)17-10-16(23)11-18(15-6-7-24-19(9-15)32-5)20(17)27-21(29)28-33(30,31)22-25-13(3)8-14(4)26-22/h6-12H,1-5H3,(H2,27,28,29). The highest BCUT2D eigenvalue weighted by Crippen LogP contribution is 2.36. The third-order valence-electron chi connectivity index (χ3n) is 4.68. The minimum atomic E-state index is -4.34. The molecule has 0 aliphatic carbocycles. The van der Waals surface area contributed by atoms with Crippen LogP contribution in [0.5, 0.6) is 5.88 Å². The second-order valence-corrected chi connectivity index (χ2v) is 9.23. The molecule has 0 spiro atoms. The summed E-state index contributed by atoms with van der Waals surface area (Å²) in [7, 11) is -2.89. The largest absolute Gasteiger partial charge is 0.481 e. The first kappa shape index (κ1) is 24.1. The molecule has 0 bridgehead atoms. The fourth-order valence-electron chi connectivity index (χ4n) is 3.26. The van der Waals surface area contributed by atoms with Crippen molar-refractivity contribution in [1.82, 2.24) is 19.7 Å². The first-order valence-corrected chi connectivity index (χ1v) is 11.5. The van der Waals surface area contributed by atoms with Gasteiger partial charge in [-0.2, -0.15) is 8.42 Å². The van der Waals surface area contributed by atoms with Crippen molar-refractivity contribution in [3.05, 3.63) is 59.3 Å². The van der Waals surface area contributed by atoms with Crippen molar-refractivity contribution < 1.29 is 22.3 Å². The maximum atomic E-state index is 14.5. The smallest absolute Gasteiger partial charge is 0.333 e. The Hall–Kier alpha value is -3.60. The Labute approximate surface area is 191 Å². The molecule has 0 atom stereocenters. The summed E-state index contributed by atoms with van der Waals surface area (Å²) >= 11 is 0. The van der Waals surface area contributed by atoms with Crippen LogP contribution in [0.2, 0.25) is 0 Å². The normalized spacial score (nSPS) is 11.4. The summed E-state index contributed by atoms with van der Waals surface area (Å²) in [5.74, 6) is -0.391. The molecule has 2 N–H and O–H groups in total. The van der Waals surface area contributed by atoms with Crippen LogP contribution in [0, 0.1) is 19.7 Å². The van der Waals surface area contributed by atoms with Crippen LogP contribution in [-0.2, 0) is 10.0 Å². The number of rotatable bonds is 6. The minimum Gasteiger partial charge on any atom is -0.481 e. The Balaban J connectivity index is 2.02. The van der Waals surface area contributed by atoms with E-state index in [0.717, 1.165) is 0 Å². The zero-order chi connectivity index (χ0) is 24.3. The van der Waals surface area contributed by atoms with Crippen LogP contribution < -0.4 is 14.8 Å². The second-order valence-electron chi connectivity index (χ2n) is 7.65. The van der Waals surface area contributed by atoms with Crippen LogP contribution in [-0.4, -0.2) is 36.5 Å². The fraction of sp³-hybridized carbons (Fsp3) is 0.273. The van der Waals surface area contributed by atoms with Crippen LogP contribution in [0.3, 0.4) is 0 Å². The van der Waals surface area contributed by atoms with Gasteiger partial charge in [-0.3, -0.25) is 0 Å². The highest BCUT2D eigenvalue weighted by atomic mass is 32.2. The number of methoxy groups -OCH3 is 1. The lowest BCUT2D eigenvalue weighted by Gasteiger charge is -2.19. The number of pyridine rings is 1. The summed E-state index contributed by atoms with van der Waals surface area (Å²) in [5.41, 5.74) is 2.49. The van der Waals surface area contributed by atoms with Gasteiger partial charge in [-0.15, -0.1) is 0 Å². The van der Waals surface area contributed by atoms with Crippen molar-refractivity contribution in [3.63, 3.8) is 0 Å². The number of sulfonamides is 1. The zero-order valence-electron chi connectivity index (χ0n) is 18.8. The molecule has 3 rings (SSSR count). The summed E-state index contributed by atoms with van der Waals surface area (Å²) in [6.07, 6.45) is 1.49. The summed E-state index contributed by atoms with van der Waals surface area (Å²) in [5, 5.41) is 2.05. The molecular weight excluding hydrogens is 449 g/mol. The number of carbonyl (C=O) groups excluding carboxylic acids is 1. The molecule has 0 unspecified atom stereocenters. The lowest BCUT2D eigenvalue weighted by molar-refractivity contribution is 0.256. The van der Waals surface area contributed by atoms with E-state index in [2.05, 4.69) is 20.3 Å². The topological polar surface area (TPSA) is 123 Å². The van der Waals surface area contributed by atoms with Gasteiger partial charge in [-0.1, -0.05) is 13.8 Å². The predicted octanol–water partition coefficient (Wildman–Crippen LogP) is 3.94. The third-order valence-corrected chi connectivity index (χ3v) is 5.80. The van der Waals surface area contributed by atoms with Gasteiger partial charge in [-0.05, 0) is 55.2 Å². The molecule has 11 heteroatoms. The molecule has 33 heavy (non-hydrogen) atoms. The minimum absolute atomic E-state index is 0.183. The van der Waals surface area contributed by atoms with Crippen LogP contribution in [0.25, 0.3) is 11.1 Å². The number of ether oxygens (including phenoxy) is 1. The molecule has 2 aromatic heterocycles. The van der Waals surface area contributed by atoms with Gasteiger partial charge in [0.2, 0.25) is 5.88 Å². The molecule has 0 saturated heterocycles. The average Bonchev–Trinajstić information content (AvgIpc) is 2.73. The van der Waals surface area contributed by atoms with E-state index in [-0.39, 0.29) is 11.6 Å². The van der Waals surface area contributed by atoms with E-state index < -0.39 is 27.0 Å². The fourth-order valence-corrected chi connectivity index (χ4v) is 4.17. The zero-order valence-corrected chi connectivity index (χ0v) is 19.6. The molecular formula is C22H24FN5O4S. The van der Waals surface area contributed by atoms with E-state index in [1.54, 1.807) is 32.0 Å². The SMILES string of the molecule is COc1cc(-c2cc(F)cc(C(C)C)c2NC(=O)NS(=O)(=O)c2nc(C)cc(C)n2)ccn1. The Morgan fingerprint density at radius 2 is 1.76 bits per heavy atom. The second kappa shape index (κ2) is 9.49. The number of carbonyl (C=O) groups is 1. The summed E-state index contributed by atoms with van der Waals surface area (Å²) in [4.78, 5) is 24.6. The van der Waals surface area contributed by atoms with E-state index in [0.29, 0.717) is 34.0 Å². The molecule has 2 amide bonds. The number of anilines is 1. The maximum Gasteiger partial charge on any atom is 0.333 e. The molecule has 1 aromatic carbocycles. The number of nitrogens with one attached hydrogen (secondary N) is 2. The molecule has 0 fully saturated rings. The van der Waals surface area contributed by atoms with E-state index in [1.807, 2.05) is 18.6 Å². The molecule has 0 radical (unpaired) electrons. The van der Waals surface area contributed by atoms with Crippen molar-refractivity contribution >= 4 is 21.7 Å². The van der Waals surface area contributed by atoms with E-state index in [9.17, 15) is 17.6 Å². The number of aryl methyl sites for hydroxylation is 2. The van der Waals surface area contributed by atoms with Gasteiger partial charge >= 0.3 is 16.1 Å². The van der Waals surface area contributed by atoms with Crippen molar-refractivity contribution in [2.75, 3.05) is 12.4 Å². The van der Waals surface area contributed by atoms with Crippen LogP contribution in [0.15, 0.2) is 41.7 Å². The Morgan fingerprint density at radius 3 is 2.36 bits per heavy atom. The number of aromatic nitrogens is 3. The Morgan fingerprint density at radius 1 is 1.09 bits per heavy atom. The number of halogens is 1. The maximum absolute atomic E-state index is 14.5. The van der Waals surface area contributed by atoms with Crippen LogP contribution in [0.1, 0.15) is 36.7 Å². The average molecular weight is 474 g/mol. The Bertz CT molecular complexity index is 1290.